The van der Waals surface area contributed by atoms with Crippen LogP contribution in [0.4, 0.5) is 0 Å². The molecule has 0 saturated carbocycles. The molecule has 5 rings (SSSR count). The van der Waals surface area contributed by atoms with Gasteiger partial charge in [0.05, 0.1) is 18.1 Å². The van der Waals surface area contributed by atoms with E-state index in [4.69, 9.17) is 9.72 Å². The first kappa shape index (κ1) is 19.9. The zero-order valence-electron chi connectivity index (χ0n) is 17.8. The minimum atomic E-state index is -0.346. The molecule has 6 heteroatoms. The van der Waals surface area contributed by atoms with Crippen molar-refractivity contribution >= 4 is 27.8 Å². The second-order valence-electron chi connectivity index (χ2n) is 7.73. The molecule has 0 saturated heterocycles. The smallest absolute Gasteiger partial charge is 0.222 e. The number of para-hydroxylation sites is 2. The molecule has 1 amide bonds. The lowest BCUT2D eigenvalue weighted by molar-refractivity contribution is -0.121. The van der Waals surface area contributed by atoms with Gasteiger partial charge in [0.2, 0.25) is 5.91 Å². The number of amides is 1. The van der Waals surface area contributed by atoms with Gasteiger partial charge in [-0.15, -0.1) is 0 Å². The summed E-state index contributed by atoms with van der Waals surface area (Å²) in [4.78, 5) is 21.0. The van der Waals surface area contributed by atoms with Crippen molar-refractivity contribution < 1.29 is 9.53 Å². The van der Waals surface area contributed by atoms with E-state index < -0.39 is 0 Å². The fourth-order valence-corrected chi connectivity index (χ4v) is 4.02. The number of nitrogens with zero attached hydrogens (tertiary/aromatic N) is 2. The van der Waals surface area contributed by atoms with Gasteiger partial charge in [0, 0.05) is 30.1 Å². The van der Waals surface area contributed by atoms with Crippen LogP contribution in [-0.4, -0.2) is 27.6 Å². The van der Waals surface area contributed by atoms with E-state index in [9.17, 15) is 4.79 Å². The van der Waals surface area contributed by atoms with Gasteiger partial charge < -0.3 is 19.6 Å². The van der Waals surface area contributed by atoms with Gasteiger partial charge in [0.25, 0.3) is 0 Å². The van der Waals surface area contributed by atoms with Crippen molar-refractivity contribution in [1.82, 2.24) is 19.9 Å². The van der Waals surface area contributed by atoms with E-state index in [2.05, 4.69) is 14.9 Å². The Balaban J connectivity index is 1.35. The summed E-state index contributed by atoms with van der Waals surface area (Å²) in [7, 11) is 1.66. The average Bonchev–Trinajstić information content (AvgIpc) is 3.45. The molecule has 160 valence electrons. The topological polar surface area (TPSA) is 71.9 Å². The molecule has 3 aromatic carbocycles. The van der Waals surface area contributed by atoms with Crippen LogP contribution in [0.1, 0.15) is 23.9 Å². The molecule has 2 N–H and O–H groups in total. The van der Waals surface area contributed by atoms with Gasteiger partial charge in [-0.2, -0.15) is 0 Å². The Morgan fingerprint density at radius 1 is 1.06 bits per heavy atom. The van der Waals surface area contributed by atoms with Crippen LogP contribution in [0, 0.1) is 0 Å². The molecule has 0 aliphatic carbocycles. The second-order valence-corrected chi connectivity index (χ2v) is 7.73. The molecule has 1 atom stereocenters. The van der Waals surface area contributed by atoms with Crippen LogP contribution < -0.4 is 10.1 Å². The lowest BCUT2D eigenvalue weighted by Crippen LogP contribution is -2.30. The number of H-pyrrole nitrogens is 1. The third-order valence-electron chi connectivity index (χ3n) is 5.68. The molecule has 0 radical (unpaired) electrons. The fraction of sp³-hybridized carbons (Fsp3) is 0.154. The number of carbonyl (C=O) groups is 1. The highest BCUT2D eigenvalue weighted by Crippen LogP contribution is 2.24. The van der Waals surface area contributed by atoms with Crippen molar-refractivity contribution in [2.45, 2.75) is 19.0 Å². The number of fused-ring (bicyclic) bond motifs is 2. The van der Waals surface area contributed by atoms with Crippen LogP contribution in [0.3, 0.4) is 0 Å². The van der Waals surface area contributed by atoms with Gasteiger partial charge in [-0.3, -0.25) is 4.79 Å². The van der Waals surface area contributed by atoms with Crippen molar-refractivity contribution in [1.29, 1.82) is 0 Å². The van der Waals surface area contributed by atoms with E-state index >= 15 is 0 Å². The van der Waals surface area contributed by atoms with Gasteiger partial charge in [0.15, 0.2) is 0 Å². The Morgan fingerprint density at radius 3 is 2.69 bits per heavy atom. The maximum atomic E-state index is 13.0. The number of imidazole rings is 1. The van der Waals surface area contributed by atoms with E-state index in [0.717, 1.165) is 39.1 Å². The molecule has 1 unspecified atom stereocenters. The van der Waals surface area contributed by atoms with Crippen LogP contribution in [0.5, 0.6) is 5.75 Å². The predicted molar refractivity (Wildman–Crippen MR) is 126 cm³/mol. The molecule has 0 spiro atoms. The highest BCUT2D eigenvalue weighted by molar-refractivity contribution is 5.82. The van der Waals surface area contributed by atoms with Crippen LogP contribution in [0.25, 0.3) is 21.9 Å². The molecular formula is C26H24N4O2. The number of hydrogen-bond acceptors (Lipinski definition) is 3. The van der Waals surface area contributed by atoms with E-state index in [-0.39, 0.29) is 11.9 Å². The van der Waals surface area contributed by atoms with E-state index in [0.29, 0.717) is 13.0 Å². The number of nitrogens with one attached hydrogen (secondary N) is 2. The molecule has 2 aromatic heterocycles. The predicted octanol–water partition coefficient (Wildman–Crippen LogP) is 4.82. The van der Waals surface area contributed by atoms with E-state index in [1.807, 2.05) is 85.1 Å². The number of carbonyl (C=O) groups excluding carboxylic acids is 1. The largest absolute Gasteiger partial charge is 0.497 e. The van der Waals surface area contributed by atoms with Gasteiger partial charge in [-0.05, 0) is 42.0 Å². The second kappa shape index (κ2) is 8.59. The minimum Gasteiger partial charge on any atom is -0.497 e. The number of rotatable bonds is 7. The minimum absolute atomic E-state index is 0.0327. The monoisotopic (exact) mass is 424 g/mol. The number of aryl methyl sites for hydroxylation is 1. The summed E-state index contributed by atoms with van der Waals surface area (Å²) in [5.41, 5.74) is 3.90. The molecular weight excluding hydrogens is 400 g/mol. The molecule has 0 aliphatic heterocycles. The summed E-state index contributed by atoms with van der Waals surface area (Å²) in [6.07, 6.45) is 2.37. The fourth-order valence-electron chi connectivity index (χ4n) is 4.02. The standard InChI is InChI=1S/C26H24N4O2/c1-32-20-11-12-23-19(17-20)13-15-30(23)16-14-24(31)29-25(18-7-3-2-4-8-18)26-27-21-9-5-6-10-22(21)28-26/h2-13,15,17,25H,14,16H2,1H3,(H,27,28)(H,29,31). The summed E-state index contributed by atoms with van der Waals surface area (Å²) in [6.45, 7) is 0.587. The molecule has 0 bridgehead atoms. The van der Waals surface area contributed by atoms with Crippen molar-refractivity contribution in [3.63, 3.8) is 0 Å². The van der Waals surface area contributed by atoms with Gasteiger partial charge in [-0.25, -0.2) is 4.98 Å². The third kappa shape index (κ3) is 3.95. The quantitative estimate of drug-likeness (QED) is 0.393. The Bertz CT molecular complexity index is 1340. The number of aromatic nitrogens is 3. The van der Waals surface area contributed by atoms with Crippen LogP contribution in [0.15, 0.2) is 85.1 Å². The summed E-state index contributed by atoms with van der Waals surface area (Å²) in [6, 6.07) is 25.4. The van der Waals surface area contributed by atoms with E-state index in [1.165, 1.54) is 0 Å². The lowest BCUT2D eigenvalue weighted by Gasteiger charge is -2.17. The molecule has 0 aliphatic rings. The average molecular weight is 425 g/mol. The zero-order valence-corrected chi connectivity index (χ0v) is 17.8. The first-order valence-electron chi connectivity index (χ1n) is 10.6. The normalized spacial score (nSPS) is 12.2. The first-order valence-corrected chi connectivity index (χ1v) is 10.6. The third-order valence-corrected chi connectivity index (χ3v) is 5.68. The molecule has 5 aromatic rings. The Hall–Kier alpha value is -4.06. The molecule has 0 fully saturated rings. The lowest BCUT2D eigenvalue weighted by atomic mass is 10.1. The summed E-state index contributed by atoms with van der Waals surface area (Å²) in [5.74, 6) is 1.52. The van der Waals surface area contributed by atoms with Gasteiger partial charge >= 0.3 is 0 Å². The number of hydrogen-bond donors (Lipinski definition) is 2. The maximum absolute atomic E-state index is 13.0. The van der Waals surface area contributed by atoms with Crippen LogP contribution in [0.2, 0.25) is 0 Å². The van der Waals surface area contributed by atoms with Crippen molar-refractivity contribution in [3.05, 3.63) is 96.4 Å². The van der Waals surface area contributed by atoms with Gasteiger partial charge in [-0.1, -0.05) is 42.5 Å². The number of methoxy groups -OCH3 is 1. The Kier molecular flexibility index (Phi) is 5.34. The molecule has 32 heavy (non-hydrogen) atoms. The Labute approximate surface area is 185 Å². The summed E-state index contributed by atoms with van der Waals surface area (Å²) in [5, 5.41) is 4.27. The highest BCUT2D eigenvalue weighted by Gasteiger charge is 2.20. The van der Waals surface area contributed by atoms with Crippen LogP contribution in [-0.2, 0) is 11.3 Å². The highest BCUT2D eigenvalue weighted by atomic mass is 16.5. The Morgan fingerprint density at radius 2 is 1.88 bits per heavy atom. The van der Waals surface area contributed by atoms with Crippen molar-refractivity contribution in [3.8, 4) is 5.75 Å². The molecule has 2 heterocycles. The summed E-state index contributed by atoms with van der Waals surface area (Å²) >= 11 is 0. The number of aromatic amines is 1. The SMILES string of the molecule is COc1ccc2c(ccn2CCC(=O)NC(c2ccccc2)c2nc3ccccc3[nH]2)c1. The zero-order chi connectivity index (χ0) is 21.9. The maximum Gasteiger partial charge on any atom is 0.222 e. The van der Waals surface area contributed by atoms with E-state index in [1.54, 1.807) is 7.11 Å². The van der Waals surface area contributed by atoms with Crippen molar-refractivity contribution in [2.24, 2.45) is 0 Å². The van der Waals surface area contributed by atoms with Gasteiger partial charge in [0.1, 0.15) is 17.6 Å². The van der Waals surface area contributed by atoms with Crippen LogP contribution >= 0.6 is 0 Å². The number of ether oxygens (including phenoxy) is 1. The first-order chi connectivity index (χ1) is 15.7. The number of benzene rings is 3. The van der Waals surface area contributed by atoms with Crippen molar-refractivity contribution in [2.75, 3.05) is 7.11 Å². The molecule has 6 nitrogen and oxygen atoms in total. The summed E-state index contributed by atoms with van der Waals surface area (Å²) < 4.78 is 7.39.